The Hall–Kier alpha value is -8.21. The van der Waals surface area contributed by atoms with E-state index in [1.165, 1.54) is 0 Å². The molecule has 0 N–H and O–H groups in total. The second-order valence-corrected chi connectivity index (χ2v) is 15.2. The molecule has 0 fully saturated rings. The summed E-state index contributed by atoms with van der Waals surface area (Å²) < 4.78 is 7.14. The first-order chi connectivity index (χ1) is 30.2. The fraction of sp³-hybridized carbons (Fsp3) is 0. The third-order valence-electron chi connectivity index (χ3n) is 11.3. The first-order valence-electron chi connectivity index (χ1n) is 20.5. The van der Waals surface area contributed by atoms with Crippen molar-refractivity contribution < 1.29 is 4.42 Å². The molecule has 0 saturated carbocycles. The van der Waals surface area contributed by atoms with Crippen LogP contribution in [0.25, 0.3) is 112 Å². The number of fused-ring (bicyclic) bond motifs is 3. The van der Waals surface area contributed by atoms with Crippen molar-refractivity contribution in [3.8, 4) is 89.9 Å². The highest BCUT2D eigenvalue weighted by atomic mass is 16.3. The first kappa shape index (κ1) is 35.9. The van der Waals surface area contributed by atoms with Gasteiger partial charge < -0.3 is 4.42 Å². The summed E-state index contributed by atoms with van der Waals surface area (Å²) in [5.74, 6) is 1.46. The molecule has 3 heterocycles. The number of rotatable bonds is 8. The van der Waals surface area contributed by atoms with E-state index in [0.29, 0.717) is 5.82 Å². The van der Waals surface area contributed by atoms with E-state index in [0.717, 1.165) is 106 Å². The molecule has 4 nitrogen and oxygen atoms in total. The SMILES string of the molecule is c1ccc(-c2cccc(-c3cc(-c4ccc(-c5oc6c(-c7ccccc7)nc7ccccc7c6c5-c5cccc(-c6ccccc6)c5)cc4)nc(-c4ccccc4)n3)c2)cc1. The smallest absolute Gasteiger partial charge is 0.162 e. The number of aromatic nitrogens is 3. The highest BCUT2D eigenvalue weighted by Gasteiger charge is 2.24. The van der Waals surface area contributed by atoms with E-state index in [2.05, 4.69) is 176 Å². The zero-order valence-electron chi connectivity index (χ0n) is 33.1. The van der Waals surface area contributed by atoms with Crippen LogP contribution in [-0.4, -0.2) is 15.0 Å². The van der Waals surface area contributed by atoms with Gasteiger partial charge in [0.2, 0.25) is 0 Å². The molecule has 0 spiro atoms. The van der Waals surface area contributed by atoms with E-state index in [9.17, 15) is 0 Å². The molecule has 0 saturated heterocycles. The molecule has 11 rings (SSSR count). The number of hydrogen-bond acceptors (Lipinski definition) is 4. The van der Waals surface area contributed by atoms with Gasteiger partial charge in [-0.15, -0.1) is 0 Å². The molecule has 0 aliphatic heterocycles. The van der Waals surface area contributed by atoms with Crippen molar-refractivity contribution in [2.24, 2.45) is 0 Å². The molecule has 0 aliphatic rings. The molecule has 0 atom stereocenters. The third-order valence-corrected chi connectivity index (χ3v) is 11.3. The van der Waals surface area contributed by atoms with Crippen LogP contribution in [-0.2, 0) is 0 Å². The van der Waals surface area contributed by atoms with Crippen molar-refractivity contribution in [1.82, 2.24) is 15.0 Å². The molecule has 4 heteroatoms. The van der Waals surface area contributed by atoms with Crippen molar-refractivity contribution in [1.29, 1.82) is 0 Å². The number of furan rings is 1. The lowest BCUT2D eigenvalue weighted by Gasteiger charge is -2.11. The molecular formula is C57H37N3O. The fourth-order valence-corrected chi connectivity index (χ4v) is 8.30. The van der Waals surface area contributed by atoms with Gasteiger partial charge in [0.15, 0.2) is 11.4 Å². The molecule has 8 aromatic carbocycles. The summed E-state index contributed by atoms with van der Waals surface area (Å²) in [7, 11) is 0. The number of benzene rings is 8. The Morgan fingerprint density at radius 1 is 0.311 bits per heavy atom. The maximum atomic E-state index is 7.14. The van der Waals surface area contributed by atoms with Gasteiger partial charge in [-0.3, -0.25) is 0 Å². The highest BCUT2D eigenvalue weighted by molar-refractivity contribution is 6.18. The summed E-state index contributed by atoms with van der Waals surface area (Å²) in [6, 6.07) is 77.9. The summed E-state index contributed by atoms with van der Waals surface area (Å²) in [6.45, 7) is 0. The maximum absolute atomic E-state index is 7.14. The van der Waals surface area contributed by atoms with Crippen LogP contribution in [0.2, 0.25) is 0 Å². The number of para-hydroxylation sites is 1. The predicted octanol–water partition coefficient (Wildman–Crippen LogP) is 15.1. The van der Waals surface area contributed by atoms with Gasteiger partial charge in [0.05, 0.1) is 16.9 Å². The van der Waals surface area contributed by atoms with Crippen molar-refractivity contribution in [2.75, 3.05) is 0 Å². The monoisotopic (exact) mass is 779 g/mol. The van der Waals surface area contributed by atoms with Gasteiger partial charge >= 0.3 is 0 Å². The summed E-state index contributed by atoms with van der Waals surface area (Å²) in [6.07, 6.45) is 0. The molecule has 3 aromatic heterocycles. The van der Waals surface area contributed by atoms with Crippen molar-refractivity contribution in [2.45, 2.75) is 0 Å². The summed E-state index contributed by atoms with van der Waals surface area (Å²) in [5.41, 5.74) is 15.8. The van der Waals surface area contributed by atoms with Crippen LogP contribution >= 0.6 is 0 Å². The summed E-state index contributed by atoms with van der Waals surface area (Å²) in [5, 5.41) is 2.08. The number of nitrogens with zero attached hydrogens (tertiary/aromatic N) is 3. The molecule has 11 aromatic rings. The average Bonchev–Trinajstić information content (AvgIpc) is 3.76. The molecule has 0 amide bonds. The van der Waals surface area contributed by atoms with E-state index >= 15 is 0 Å². The van der Waals surface area contributed by atoms with Gasteiger partial charge in [-0.05, 0) is 52.1 Å². The Bertz CT molecular complexity index is 3320. The lowest BCUT2D eigenvalue weighted by molar-refractivity contribution is 0.632. The number of pyridine rings is 1. The van der Waals surface area contributed by atoms with Gasteiger partial charge in [-0.1, -0.05) is 200 Å². The molecular weight excluding hydrogens is 743 g/mol. The molecule has 0 unspecified atom stereocenters. The van der Waals surface area contributed by atoms with E-state index in [1.54, 1.807) is 0 Å². The second kappa shape index (κ2) is 15.5. The maximum Gasteiger partial charge on any atom is 0.162 e. The van der Waals surface area contributed by atoms with Crippen molar-refractivity contribution >= 4 is 21.9 Å². The van der Waals surface area contributed by atoms with Crippen molar-refractivity contribution in [3.63, 3.8) is 0 Å². The Labute approximate surface area is 354 Å². The minimum absolute atomic E-state index is 0.674. The van der Waals surface area contributed by atoms with Crippen LogP contribution < -0.4 is 0 Å². The Morgan fingerprint density at radius 3 is 1.43 bits per heavy atom. The molecule has 61 heavy (non-hydrogen) atoms. The Kier molecular flexibility index (Phi) is 9.14. The Balaban J connectivity index is 1.09. The molecule has 286 valence electrons. The average molecular weight is 780 g/mol. The van der Waals surface area contributed by atoms with Gasteiger partial charge in [-0.25, -0.2) is 15.0 Å². The quantitative estimate of drug-likeness (QED) is 0.154. The second-order valence-electron chi connectivity index (χ2n) is 15.2. The van der Waals surface area contributed by atoms with Gasteiger partial charge in [-0.2, -0.15) is 0 Å². The van der Waals surface area contributed by atoms with Crippen LogP contribution in [0.3, 0.4) is 0 Å². The minimum atomic E-state index is 0.674. The molecule has 0 aliphatic carbocycles. The lowest BCUT2D eigenvalue weighted by Crippen LogP contribution is -1.96. The summed E-state index contributed by atoms with van der Waals surface area (Å²) >= 11 is 0. The molecule has 0 radical (unpaired) electrons. The zero-order valence-corrected chi connectivity index (χ0v) is 33.1. The Morgan fingerprint density at radius 2 is 0.787 bits per heavy atom. The van der Waals surface area contributed by atoms with Crippen molar-refractivity contribution in [3.05, 3.63) is 224 Å². The van der Waals surface area contributed by atoms with Gasteiger partial charge in [0, 0.05) is 44.2 Å². The van der Waals surface area contributed by atoms with E-state index < -0.39 is 0 Å². The standard InChI is InChI=1S/C57H37N3O/c1-5-17-38(18-6-1)44-25-15-27-46(35-44)51-37-50(59-57(60-51)43-23-11-4-12-24-43)40-31-33-42(34-32-40)55-52(47-28-16-26-45(36-47)39-19-7-2-8-20-39)53-48-29-13-14-30-49(48)58-54(56(53)61-55)41-21-9-3-10-22-41/h1-37H. The topological polar surface area (TPSA) is 51.8 Å². The van der Waals surface area contributed by atoms with E-state index in [1.807, 2.05) is 48.5 Å². The third kappa shape index (κ3) is 6.86. The van der Waals surface area contributed by atoms with E-state index in [-0.39, 0.29) is 0 Å². The number of hydrogen-bond donors (Lipinski definition) is 0. The summed E-state index contributed by atoms with van der Waals surface area (Å²) in [4.78, 5) is 15.5. The fourth-order valence-electron chi connectivity index (χ4n) is 8.30. The first-order valence-corrected chi connectivity index (χ1v) is 20.5. The van der Waals surface area contributed by atoms with Crippen LogP contribution in [0.15, 0.2) is 229 Å². The van der Waals surface area contributed by atoms with Gasteiger partial charge in [0.25, 0.3) is 0 Å². The minimum Gasteiger partial charge on any atom is -0.453 e. The molecule has 0 bridgehead atoms. The normalized spacial score (nSPS) is 11.3. The van der Waals surface area contributed by atoms with Crippen LogP contribution in [0, 0.1) is 0 Å². The highest BCUT2D eigenvalue weighted by Crippen LogP contribution is 2.47. The largest absolute Gasteiger partial charge is 0.453 e. The van der Waals surface area contributed by atoms with E-state index in [4.69, 9.17) is 19.4 Å². The zero-order chi connectivity index (χ0) is 40.5. The van der Waals surface area contributed by atoms with Crippen LogP contribution in [0.1, 0.15) is 0 Å². The predicted molar refractivity (Wildman–Crippen MR) is 251 cm³/mol. The van der Waals surface area contributed by atoms with Gasteiger partial charge in [0.1, 0.15) is 11.5 Å². The van der Waals surface area contributed by atoms with Crippen LogP contribution in [0.5, 0.6) is 0 Å². The van der Waals surface area contributed by atoms with Crippen LogP contribution in [0.4, 0.5) is 0 Å². The lowest BCUT2D eigenvalue weighted by atomic mass is 9.93.